The summed E-state index contributed by atoms with van der Waals surface area (Å²) in [6.07, 6.45) is 2.25. The number of aliphatic hydroxyl groups excluding tert-OH is 2. The van der Waals surface area contributed by atoms with E-state index in [1.54, 1.807) is 0 Å². The van der Waals surface area contributed by atoms with E-state index in [1.165, 1.54) is 11.1 Å². The van der Waals surface area contributed by atoms with Gasteiger partial charge in [0.2, 0.25) is 0 Å². The molecule has 0 bridgehead atoms. The zero-order chi connectivity index (χ0) is 23.6. The Morgan fingerprint density at radius 1 is 0.848 bits per heavy atom. The van der Waals surface area contributed by atoms with Gasteiger partial charge >= 0.3 is 0 Å². The van der Waals surface area contributed by atoms with Crippen molar-refractivity contribution in [1.29, 1.82) is 0 Å². The van der Waals surface area contributed by atoms with E-state index in [0.29, 0.717) is 13.2 Å². The molecular formula is C28H45NO4. The third kappa shape index (κ3) is 8.65. The fourth-order valence-corrected chi connectivity index (χ4v) is 3.50. The Balaban J connectivity index is 0.00000544. The van der Waals surface area contributed by atoms with Crippen LogP contribution in [0.3, 0.4) is 0 Å². The van der Waals surface area contributed by atoms with Gasteiger partial charge in [0.1, 0.15) is 18.1 Å². The van der Waals surface area contributed by atoms with Crippen molar-refractivity contribution in [3.8, 4) is 11.5 Å². The van der Waals surface area contributed by atoms with E-state index in [4.69, 9.17) is 14.6 Å². The maximum atomic E-state index is 9.70. The van der Waals surface area contributed by atoms with Crippen molar-refractivity contribution in [1.82, 2.24) is 4.90 Å². The van der Waals surface area contributed by atoms with Crippen molar-refractivity contribution >= 4 is 0 Å². The summed E-state index contributed by atoms with van der Waals surface area (Å²) in [5.74, 6) is 1.75. The second kappa shape index (κ2) is 14.2. The quantitative estimate of drug-likeness (QED) is 0.410. The fourth-order valence-electron chi connectivity index (χ4n) is 3.50. The van der Waals surface area contributed by atoms with Crippen molar-refractivity contribution in [2.45, 2.75) is 59.4 Å². The van der Waals surface area contributed by atoms with Gasteiger partial charge in [0.15, 0.2) is 0 Å². The van der Waals surface area contributed by atoms with Gasteiger partial charge < -0.3 is 19.7 Å². The van der Waals surface area contributed by atoms with Gasteiger partial charge in [0.05, 0.1) is 19.3 Å². The normalized spacial score (nSPS) is 13.3. The second-order valence-electron chi connectivity index (χ2n) is 9.25. The van der Waals surface area contributed by atoms with Gasteiger partial charge in [-0.2, -0.15) is 0 Å². The van der Waals surface area contributed by atoms with Crippen LogP contribution in [0.15, 0.2) is 48.5 Å². The Kier molecular flexibility index (Phi) is 12.5. The molecule has 2 aromatic carbocycles. The molecule has 0 amide bonds. The molecule has 2 aromatic rings. The largest absolute Gasteiger partial charge is 0.493 e. The van der Waals surface area contributed by atoms with Gasteiger partial charge in [-0.3, -0.25) is 4.90 Å². The van der Waals surface area contributed by atoms with Crippen LogP contribution in [-0.4, -0.2) is 61.2 Å². The van der Waals surface area contributed by atoms with Crippen molar-refractivity contribution in [2.24, 2.45) is 5.92 Å². The van der Waals surface area contributed by atoms with Crippen LogP contribution in [0.1, 0.15) is 59.1 Å². The number of likely N-dealkylation sites (N-methyl/N-ethyl adjacent to an activating group) is 1. The predicted molar refractivity (Wildman–Crippen MR) is 137 cm³/mol. The number of rotatable bonds is 14. The topological polar surface area (TPSA) is 62.2 Å². The monoisotopic (exact) mass is 459 g/mol. The molecule has 186 valence electrons. The number of hydrogen-bond acceptors (Lipinski definition) is 5. The average Bonchev–Trinajstić information content (AvgIpc) is 2.82. The molecule has 0 spiro atoms. The maximum absolute atomic E-state index is 9.70. The molecule has 0 radical (unpaired) electrons. The summed E-state index contributed by atoms with van der Waals surface area (Å²) in [5.41, 5.74) is 2.24. The first-order chi connectivity index (χ1) is 15.3. The highest BCUT2D eigenvalue weighted by atomic mass is 16.5. The first-order valence-corrected chi connectivity index (χ1v) is 11.7. The molecule has 33 heavy (non-hydrogen) atoms. The molecule has 0 saturated heterocycles. The van der Waals surface area contributed by atoms with Crippen LogP contribution < -0.4 is 9.47 Å². The van der Waals surface area contributed by atoms with E-state index in [1.807, 2.05) is 38.2 Å². The molecule has 0 fully saturated rings. The number of ether oxygens (including phenoxy) is 2. The van der Waals surface area contributed by atoms with Gasteiger partial charge in [0.25, 0.3) is 0 Å². The van der Waals surface area contributed by atoms with E-state index in [2.05, 4.69) is 49.9 Å². The predicted octanol–water partition coefficient (Wildman–Crippen LogP) is 5.13. The standard InChI is InChI=1S/C27H41NO4.CH4/c1-6-7-16-28(5)24(18-30)20-32-26-14-10-23(11-15-26)27(3,4)22-8-12-25(13-9-22)31-19-21(2)17-29;/h8-15,21,24,29-30H,6-7,16-20H2,1-5H3;1H4. The van der Waals surface area contributed by atoms with Gasteiger partial charge in [-0.15, -0.1) is 0 Å². The lowest BCUT2D eigenvalue weighted by atomic mass is 9.78. The molecular weight excluding hydrogens is 414 g/mol. The van der Waals surface area contributed by atoms with E-state index in [9.17, 15) is 5.11 Å². The molecule has 0 aliphatic heterocycles. The van der Waals surface area contributed by atoms with E-state index >= 15 is 0 Å². The lowest BCUT2D eigenvalue weighted by Gasteiger charge is -2.27. The first-order valence-electron chi connectivity index (χ1n) is 11.7. The third-order valence-corrected chi connectivity index (χ3v) is 6.14. The van der Waals surface area contributed by atoms with E-state index in [0.717, 1.165) is 30.9 Å². The average molecular weight is 460 g/mol. The van der Waals surface area contributed by atoms with Crippen LogP contribution in [0.4, 0.5) is 0 Å². The zero-order valence-corrected chi connectivity index (χ0v) is 20.4. The van der Waals surface area contributed by atoms with Crippen LogP contribution in [0.2, 0.25) is 0 Å². The van der Waals surface area contributed by atoms with Crippen LogP contribution >= 0.6 is 0 Å². The third-order valence-electron chi connectivity index (χ3n) is 6.14. The highest BCUT2D eigenvalue weighted by molar-refractivity contribution is 5.41. The minimum Gasteiger partial charge on any atom is -0.493 e. The van der Waals surface area contributed by atoms with Crippen LogP contribution in [0.25, 0.3) is 0 Å². The Morgan fingerprint density at radius 2 is 1.33 bits per heavy atom. The number of hydrogen-bond donors (Lipinski definition) is 2. The van der Waals surface area contributed by atoms with Gasteiger partial charge in [0, 0.05) is 17.9 Å². The number of benzene rings is 2. The maximum Gasteiger partial charge on any atom is 0.119 e. The van der Waals surface area contributed by atoms with Crippen molar-refractivity contribution < 1.29 is 19.7 Å². The lowest BCUT2D eigenvalue weighted by Crippen LogP contribution is -2.40. The smallest absolute Gasteiger partial charge is 0.119 e. The summed E-state index contributed by atoms with van der Waals surface area (Å²) < 4.78 is 11.7. The highest BCUT2D eigenvalue weighted by Gasteiger charge is 2.23. The molecule has 5 nitrogen and oxygen atoms in total. The Labute approximate surface area is 201 Å². The van der Waals surface area contributed by atoms with Gasteiger partial charge in [-0.05, 0) is 55.4 Å². The Morgan fingerprint density at radius 3 is 1.76 bits per heavy atom. The van der Waals surface area contributed by atoms with Crippen LogP contribution in [-0.2, 0) is 5.41 Å². The molecule has 0 aliphatic carbocycles. The minimum atomic E-state index is -0.163. The van der Waals surface area contributed by atoms with Crippen LogP contribution in [0.5, 0.6) is 11.5 Å². The molecule has 0 aliphatic rings. The van der Waals surface area contributed by atoms with Crippen molar-refractivity contribution in [3.63, 3.8) is 0 Å². The molecule has 2 atom stereocenters. The molecule has 0 saturated carbocycles. The lowest BCUT2D eigenvalue weighted by molar-refractivity contribution is 0.1000. The summed E-state index contributed by atoms with van der Waals surface area (Å²) in [4.78, 5) is 2.17. The molecule has 2 N–H and O–H groups in total. The van der Waals surface area contributed by atoms with Gasteiger partial charge in [-0.25, -0.2) is 0 Å². The van der Waals surface area contributed by atoms with Gasteiger partial charge in [-0.1, -0.05) is 65.8 Å². The number of aliphatic hydroxyl groups is 2. The summed E-state index contributed by atoms with van der Waals surface area (Å²) in [7, 11) is 2.04. The summed E-state index contributed by atoms with van der Waals surface area (Å²) in [6.45, 7) is 10.7. The molecule has 2 unspecified atom stereocenters. The SMILES string of the molecule is C.CCCCN(C)C(CO)COc1ccc(C(C)(C)c2ccc(OCC(C)CO)cc2)cc1. The van der Waals surface area contributed by atoms with Crippen LogP contribution in [0, 0.1) is 5.92 Å². The number of nitrogens with zero attached hydrogens (tertiary/aromatic N) is 1. The summed E-state index contributed by atoms with van der Waals surface area (Å²) in [5, 5.41) is 18.8. The van der Waals surface area contributed by atoms with E-state index in [-0.39, 0.29) is 38.0 Å². The summed E-state index contributed by atoms with van der Waals surface area (Å²) in [6, 6.07) is 16.4. The Bertz CT molecular complexity index is 773. The minimum absolute atomic E-state index is 0. The summed E-state index contributed by atoms with van der Waals surface area (Å²) >= 11 is 0. The molecule has 5 heteroatoms. The highest BCUT2D eigenvalue weighted by Crippen LogP contribution is 2.33. The number of unbranched alkanes of at least 4 members (excludes halogenated alkanes) is 1. The van der Waals surface area contributed by atoms with E-state index < -0.39 is 0 Å². The fraction of sp³-hybridized carbons (Fsp3) is 0.571. The van der Waals surface area contributed by atoms with Crippen molar-refractivity contribution in [3.05, 3.63) is 59.7 Å². The Hall–Kier alpha value is -2.08. The first kappa shape index (κ1) is 29.0. The zero-order valence-electron chi connectivity index (χ0n) is 20.4. The van der Waals surface area contributed by atoms with Crippen molar-refractivity contribution in [2.75, 3.05) is 40.0 Å². The molecule has 0 aromatic heterocycles. The molecule has 2 rings (SSSR count). The molecule has 0 heterocycles. The second-order valence-corrected chi connectivity index (χ2v) is 9.25.